The Morgan fingerprint density at radius 2 is 1.78 bits per heavy atom. The summed E-state index contributed by atoms with van der Waals surface area (Å²) in [5, 5.41) is 2.90. The van der Waals surface area contributed by atoms with E-state index in [-0.39, 0.29) is 10.0 Å². The first kappa shape index (κ1) is 21.5. The quantitative estimate of drug-likeness (QED) is 0.754. The number of anilines is 1. The number of hydrogen-bond donors (Lipinski definition) is 1. The Balaban J connectivity index is 2.15. The van der Waals surface area contributed by atoms with Gasteiger partial charge in [0.1, 0.15) is 0 Å². The summed E-state index contributed by atoms with van der Waals surface area (Å²) >= 11 is 11.6. The molecule has 0 spiro atoms. The van der Waals surface area contributed by atoms with Crippen molar-refractivity contribution < 1.29 is 26.4 Å². The Kier molecular flexibility index (Phi) is 6.41. The molecule has 0 heterocycles. The second-order valence-corrected chi connectivity index (χ2v) is 8.32. The van der Waals surface area contributed by atoms with Gasteiger partial charge in [-0.1, -0.05) is 29.3 Å². The largest absolute Gasteiger partial charge is 0.416 e. The van der Waals surface area contributed by atoms with Crippen LogP contribution in [-0.4, -0.2) is 32.2 Å². The predicted molar refractivity (Wildman–Crippen MR) is 96.4 cm³/mol. The molecule has 5 nitrogen and oxygen atoms in total. The maximum absolute atomic E-state index is 12.8. The van der Waals surface area contributed by atoms with Crippen molar-refractivity contribution in [2.75, 3.05) is 18.9 Å². The topological polar surface area (TPSA) is 66.5 Å². The van der Waals surface area contributed by atoms with Crippen LogP contribution in [0.5, 0.6) is 0 Å². The zero-order valence-corrected chi connectivity index (χ0v) is 16.0. The monoisotopic (exact) mass is 440 g/mol. The first-order chi connectivity index (χ1) is 12.4. The minimum Gasteiger partial charge on any atom is -0.325 e. The van der Waals surface area contributed by atoms with E-state index in [2.05, 4.69) is 5.32 Å². The summed E-state index contributed by atoms with van der Waals surface area (Å²) in [6.07, 6.45) is -4.69. The van der Waals surface area contributed by atoms with E-state index in [1.165, 1.54) is 18.2 Å². The van der Waals surface area contributed by atoms with Crippen LogP contribution in [0.25, 0.3) is 0 Å². The van der Waals surface area contributed by atoms with Gasteiger partial charge in [-0.05, 0) is 36.4 Å². The van der Waals surface area contributed by atoms with E-state index in [4.69, 9.17) is 23.2 Å². The zero-order chi connectivity index (χ0) is 20.4. The minimum atomic E-state index is -4.69. The number of hydrogen-bond acceptors (Lipinski definition) is 3. The molecular weight excluding hydrogens is 428 g/mol. The second kappa shape index (κ2) is 8.05. The number of benzene rings is 2. The third-order valence-corrected chi connectivity index (χ3v) is 5.98. The maximum Gasteiger partial charge on any atom is 0.416 e. The van der Waals surface area contributed by atoms with Gasteiger partial charge in [-0.25, -0.2) is 8.42 Å². The molecule has 1 N–H and O–H groups in total. The minimum absolute atomic E-state index is 0.194. The molecule has 0 radical (unpaired) electrons. The van der Waals surface area contributed by atoms with Crippen LogP contribution >= 0.6 is 23.2 Å². The fourth-order valence-corrected chi connectivity index (χ4v) is 3.55. The van der Waals surface area contributed by atoms with Gasteiger partial charge in [0, 0.05) is 12.7 Å². The summed E-state index contributed by atoms with van der Waals surface area (Å²) in [5.41, 5.74) is -0.809. The third kappa shape index (κ3) is 5.35. The first-order valence-electron chi connectivity index (χ1n) is 7.30. The second-order valence-electron chi connectivity index (χ2n) is 5.46. The summed E-state index contributed by atoms with van der Waals surface area (Å²) in [6.45, 7) is -0.612. The molecule has 0 unspecified atom stereocenters. The van der Waals surface area contributed by atoms with Crippen molar-refractivity contribution in [2.45, 2.75) is 11.1 Å². The van der Waals surface area contributed by atoms with Crippen molar-refractivity contribution in [3.63, 3.8) is 0 Å². The van der Waals surface area contributed by atoms with Crippen molar-refractivity contribution in [1.82, 2.24) is 4.31 Å². The van der Waals surface area contributed by atoms with E-state index in [9.17, 15) is 26.4 Å². The highest BCUT2D eigenvalue weighted by Gasteiger charge is 2.32. The number of nitrogens with one attached hydrogen (secondary N) is 1. The van der Waals surface area contributed by atoms with Gasteiger partial charge in [0.15, 0.2) is 0 Å². The highest BCUT2D eigenvalue weighted by atomic mass is 35.5. The van der Waals surface area contributed by atoms with Crippen LogP contribution in [-0.2, 0) is 21.0 Å². The van der Waals surface area contributed by atoms with Crippen LogP contribution in [0, 0.1) is 0 Å². The molecule has 0 aliphatic heterocycles. The summed E-state index contributed by atoms with van der Waals surface area (Å²) in [5.74, 6) is -0.702. The van der Waals surface area contributed by atoms with Crippen LogP contribution in [0.15, 0.2) is 47.4 Å². The van der Waals surface area contributed by atoms with E-state index in [1.54, 1.807) is 0 Å². The average molecular weight is 441 g/mol. The van der Waals surface area contributed by atoms with E-state index in [1.807, 2.05) is 0 Å². The van der Waals surface area contributed by atoms with Crippen LogP contribution in [0.4, 0.5) is 18.9 Å². The molecule has 1 amide bonds. The maximum atomic E-state index is 12.8. The van der Waals surface area contributed by atoms with E-state index >= 15 is 0 Å². The lowest BCUT2D eigenvalue weighted by atomic mass is 10.2. The highest BCUT2D eigenvalue weighted by molar-refractivity contribution is 7.89. The van der Waals surface area contributed by atoms with Crippen molar-refractivity contribution in [1.29, 1.82) is 0 Å². The lowest BCUT2D eigenvalue weighted by molar-refractivity contribution is -0.137. The highest BCUT2D eigenvalue weighted by Crippen LogP contribution is 2.31. The molecule has 0 fully saturated rings. The van der Waals surface area contributed by atoms with Crippen LogP contribution in [0.3, 0.4) is 0 Å². The van der Waals surface area contributed by atoms with Gasteiger partial charge in [0.05, 0.1) is 27.0 Å². The predicted octanol–water partition coefficient (Wildman–Crippen LogP) is 4.27. The normalized spacial score (nSPS) is 12.3. The van der Waals surface area contributed by atoms with Gasteiger partial charge in [-0.3, -0.25) is 4.79 Å². The number of amides is 1. The molecule has 146 valence electrons. The molecule has 0 aliphatic rings. The van der Waals surface area contributed by atoms with Crippen molar-refractivity contribution in [2.24, 2.45) is 0 Å². The fraction of sp³-hybridized carbons (Fsp3) is 0.188. The fourth-order valence-electron chi connectivity index (χ4n) is 2.07. The number of nitrogens with zero attached hydrogens (tertiary/aromatic N) is 1. The molecule has 0 saturated heterocycles. The van der Waals surface area contributed by atoms with Gasteiger partial charge in [0.25, 0.3) is 0 Å². The number of likely N-dealkylation sites (N-methyl/N-ethyl adjacent to an activating group) is 1. The summed E-state index contributed by atoms with van der Waals surface area (Å²) in [4.78, 5) is 11.5. The average Bonchev–Trinajstić information content (AvgIpc) is 2.57. The molecule has 0 bridgehead atoms. The summed E-state index contributed by atoms with van der Waals surface area (Å²) < 4.78 is 63.9. The number of halogens is 5. The molecule has 0 aromatic heterocycles. The number of sulfonamides is 1. The third-order valence-electron chi connectivity index (χ3n) is 3.44. The standard InChI is InChI=1S/C16H13Cl2F3N2O3S/c1-23(9-15(24)22-11-5-6-13(17)14(18)8-11)27(25,26)12-4-2-3-10(7-12)16(19,20)21/h2-8H,9H2,1H3,(H,22,24). The van der Waals surface area contributed by atoms with Gasteiger partial charge in [-0.15, -0.1) is 0 Å². The van der Waals surface area contributed by atoms with Crippen LogP contribution in [0.2, 0.25) is 10.0 Å². The van der Waals surface area contributed by atoms with Crippen molar-refractivity contribution >= 4 is 44.8 Å². The lowest BCUT2D eigenvalue weighted by Gasteiger charge is -2.18. The molecule has 0 atom stereocenters. The number of carbonyl (C=O) groups excluding carboxylic acids is 1. The molecule has 2 aromatic rings. The van der Waals surface area contributed by atoms with Gasteiger partial charge in [0.2, 0.25) is 15.9 Å². The van der Waals surface area contributed by atoms with Crippen LogP contribution < -0.4 is 5.32 Å². The van der Waals surface area contributed by atoms with Crippen molar-refractivity contribution in [3.05, 3.63) is 58.1 Å². The molecular formula is C16H13Cl2F3N2O3S. The molecule has 2 aromatic carbocycles. The molecule has 0 saturated carbocycles. The van der Waals surface area contributed by atoms with Crippen molar-refractivity contribution in [3.8, 4) is 0 Å². The number of alkyl halides is 3. The van der Waals surface area contributed by atoms with Crippen LogP contribution in [0.1, 0.15) is 5.56 Å². The molecule has 27 heavy (non-hydrogen) atoms. The van der Waals surface area contributed by atoms with E-state index < -0.39 is 39.1 Å². The van der Waals surface area contributed by atoms with E-state index in [0.717, 1.165) is 25.2 Å². The molecule has 2 rings (SSSR count). The number of rotatable bonds is 5. The smallest absolute Gasteiger partial charge is 0.325 e. The Morgan fingerprint density at radius 1 is 1.11 bits per heavy atom. The molecule has 11 heteroatoms. The van der Waals surface area contributed by atoms with Gasteiger partial charge in [-0.2, -0.15) is 17.5 Å². The van der Waals surface area contributed by atoms with E-state index in [0.29, 0.717) is 16.1 Å². The first-order valence-corrected chi connectivity index (χ1v) is 9.49. The summed E-state index contributed by atoms with van der Waals surface area (Å²) in [6, 6.07) is 7.58. The van der Waals surface area contributed by atoms with Gasteiger partial charge >= 0.3 is 6.18 Å². The van der Waals surface area contributed by atoms with Gasteiger partial charge < -0.3 is 5.32 Å². The Labute approximate surface area is 163 Å². The summed E-state index contributed by atoms with van der Waals surface area (Å²) in [7, 11) is -3.21. The number of carbonyl (C=O) groups is 1. The Morgan fingerprint density at radius 3 is 2.37 bits per heavy atom. The zero-order valence-electron chi connectivity index (χ0n) is 13.7. The molecule has 0 aliphatic carbocycles. The SMILES string of the molecule is CN(CC(=O)Nc1ccc(Cl)c(Cl)c1)S(=O)(=O)c1cccc(C(F)(F)F)c1. The lowest BCUT2D eigenvalue weighted by Crippen LogP contribution is -2.35. The Bertz CT molecular complexity index is 966. The Hall–Kier alpha value is -1.81.